The molecule has 200 valence electrons. The standard InChI is InChI=1S/C42H26S/c1-2-15-31-27(11-1)12-10-21-32(31)28-13-9-14-29(25-28)41-34-17-3-5-19-36(34)42(37-20-6-4-18-35(37)41)30-23-24-40-38(26-30)33-16-7-8-22-39(33)43-40/h1-26H/i1D,2D,3D,4D,5D,6D,7D,8D,9D,10D,11D,12D,13D,14D,16D,17D,18D,19D,20D,21D,22D,23D,24D,25D,26D. The van der Waals surface area contributed by atoms with Crippen molar-refractivity contribution in [1.29, 1.82) is 0 Å². The summed E-state index contributed by atoms with van der Waals surface area (Å²) in [6, 6.07) is -19.4. The van der Waals surface area contributed by atoms with Crippen LogP contribution >= 0.6 is 11.3 Å². The average molecular weight is 588 g/mol. The van der Waals surface area contributed by atoms with Gasteiger partial charge in [0.15, 0.2) is 0 Å². The van der Waals surface area contributed by atoms with Gasteiger partial charge in [-0.25, -0.2) is 0 Å². The van der Waals surface area contributed by atoms with Gasteiger partial charge in [-0.3, -0.25) is 0 Å². The van der Waals surface area contributed by atoms with E-state index < -0.39 is 211 Å². The minimum Gasteiger partial charge on any atom is -0.135 e. The molecular weight excluding hydrogens is 537 g/mol. The van der Waals surface area contributed by atoms with Gasteiger partial charge in [0.2, 0.25) is 0 Å². The van der Waals surface area contributed by atoms with Crippen molar-refractivity contribution in [3.63, 3.8) is 0 Å². The van der Waals surface area contributed by atoms with Crippen molar-refractivity contribution in [2.45, 2.75) is 0 Å². The molecule has 9 aromatic rings. The molecule has 0 nitrogen and oxygen atoms in total. The lowest BCUT2D eigenvalue weighted by atomic mass is 9.85. The van der Waals surface area contributed by atoms with E-state index in [2.05, 4.69) is 0 Å². The Bertz CT molecular complexity index is 3820. The highest BCUT2D eigenvalue weighted by molar-refractivity contribution is 7.25. The molecule has 0 atom stereocenters. The summed E-state index contributed by atoms with van der Waals surface area (Å²) >= 11 is 0.699. The van der Waals surface area contributed by atoms with Crippen LogP contribution in [0.25, 0.3) is 85.9 Å². The molecule has 0 aliphatic carbocycles. The monoisotopic (exact) mass is 587 g/mol. The molecule has 9 rings (SSSR count). The topological polar surface area (TPSA) is 0 Å². The van der Waals surface area contributed by atoms with E-state index in [1.54, 1.807) is 0 Å². The minimum atomic E-state index is -0.999. The van der Waals surface area contributed by atoms with Gasteiger partial charge >= 0.3 is 0 Å². The van der Waals surface area contributed by atoms with Crippen molar-refractivity contribution in [1.82, 2.24) is 0 Å². The smallest absolute Gasteiger partial charge is 0.0638 e. The molecule has 8 aromatic carbocycles. The number of hydrogen-bond acceptors (Lipinski definition) is 1. The van der Waals surface area contributed by atoms with E-state index in [1.807, 2.05) is 0 Å². The van der Waals surface area contributed by atoms with Gasteiger partial charge < -0.3 is 0 Å². The second-order valence-electron chi connectivity index (χ2n) is 9.34. The lowest BCUT2D eigenvalue weighted by molar-refractivity contribution is 1.63. The van der Waals surface area contributed by atoms with E-state index in [4.69, 9.17) is 21.9 Å². The molecule has 1 aromatic heterocycles. The van der Waals surface area contributed by atoms with E-state index in [1.165, 1.54) is 0 Å². The Morgan fingerprint density at radius 1 is 0.372 bits per heavy atom. The normalized spacial score (nSPS) is 19.9. The first-order valence-electron chi connectivity index (χ1n) is 25.2. The summed E-state index contributed by atoms with van der Waals surface area (Å²) < 4.78 is 224. The number of benzene rings is 8. The molecule has 0 fully saturated rings. The number of rotatable bonds is 3. The zero-order valence-corrected chi connectivity index (χ0v) is 22.3. The largest absolute Gasteiger partial charge is 0.135 e. The molecule has 0 radical (unpaired) electrons. The van der Waals surface area contributed by atoms with Crippen LogP contribution in [0.3, 0.4) is 0 Å². The molecule has 0 aliphatic rings. The first-order valence-corrected chi connectivity index (χ1v) is 13.6. The fourth-order valence-electron chi connectivity index (χ4n) is 5.21. The zero-order valence-electron chi connectivity index (χ0n) is 46.5. The molecule has 0 unspecified atom stereocenters. The van der Waals surface area contributed by atoms with Crippen molar-refractivity contribution < 1.29 is 34.3 Å². The summed E-state index contributed by atoms with van der Waals surface area (Å²) in [4.78, 5) is 0. The Morgan fingerprint density at radius 2 is 0.930 bits per heavy atom. The third-order valence-electron chi connectivity index (χ3n) is 7.03. The maximum absolute atomic E-state index is 9.79. The van der Waals surface area contributed by atoms with Gasteiger partial charge in [0.05, 0.1) is 34.3 Å². The quantitative estimate of drug-likeness (QED) is 0.180. The third-order valence-corrected chi connectivity index (χ3v) is 8.05. The SMILES string of the molecule is [2H]c1cc2c(-c3c([2H])c([2H])c([2H])c(-c4c5c([2H])c([2H])c([2H])c([2H])c5c(-c5c([2H])c([2H])c6sc7c([2H])c([2H])c([2H])c([2H])c7c6c5[2H])c5c([2H])c([2H])c([2H])c([2H])c45)c3[2H])c([2H])c([2H])c([2H])c2c([2H])c1[2H]. The van der Waals surface area contributed by atoms with Crippen molar-refractivity contribution in [2.75, 3.05) is 0 Å². The molecule has 0 N–H and O–H groups in total. The van der Waals surface area contributed by atoms with Crippen LogP contribution < -0.4 is 0 Å². The van der Waals surface area contributed by atoms with Crippen molar-refractivity contribution in [2.24, 2.45) is 0 Å². The highest BCUT2D eigenvalue weighted by Gasteiger charge is 2.18. The molecule has 43 heavy (non-hydrogen) atoms. The van der Waals surface area contributed by atoms with Crippen molar-refractivity contribution in [3.05, 3.63) is 157 Å². The lowest BCUT2D eigenvalue weighted by Crippen LogP contribution is -1.91. The zero-order chi connectivity index (χ0) is 50.1. The molecule has 1 heterocycles. The van der Waals surface area contributed by atoms with Crippen LogP contribution in [-0.4, -0.2) is 0 Å². The Hall–Kier alpha value is -5.24. The fraction of sp³-hybridized carbons (Fsp3) is 0. The summed E-state index contributed by atoms with van der Waals surface area (Å²) in [5, 5.41) is -3.95. The Labute approximate surface area is 289 Å². The Morgan fingerprint density at radius 3 is 1.67 bits per heavy atom. The van der Waals surface area contributed by atoms with Gasteiger partial charge in [-0.15, -0.1) is 11.3 Å². The number of thiophene rings is 1. The summed E-state index contributed by atoms with van der Waals surface area (Å²) in [5.41, 5.74) is -4.04. The molecular formula is C42H26S. The predicted octanol–water partition coefficient (Wildman–Crippen LogP) is 12.5. The van der Waals surface area contributed by atoms with Crippen LogP contribution in [-0.2, 0) is 0 Å². The van der Waals surface area contributed by atoms with Gasteiger partial charge in [-0.2, -0.15) is 0 Å². The fourth-order valence-corrected chi connectivity index (χ4v) is 6.13. The maximum Gasteiger partial charge on any atom is 0.0638 e. The Kier molecular flexibility index (Phi) is 2.29. The second-order valence-corrected chi connectivity index (χ2v) is 10.4. The molecule has 0 aliphatic heterocycles. The molecule has 0 saturated carbocycles. The molecule has 0 spiro atoms. The van der Waals surface area contributed by atoms with E-state index in [0.29, 0.717) is 11.3 Å². The lowest BCUT2D eigenvalue weighted by Gasteiger charge is -2.18. The Balaban J connectivity index is 1.60. The van der Waals surface area contributed by atoms with Crippen LogP contribution in [0.5, 0.6) is 0 Å². The van der Waals surface area contributed by atoms with E-state index >= 15 is 0 Å². The molecule has 1 heteroatoms. The van der Waals surface area contributed by atoms with Gasteiger partial charge in [0.25, 0.3) is 0 Å². The summed E-state index contributed by atoms with van der Waals surface area (Å²) in [7, 11) is 0. The van der Waals surface area contributed by atoms with Crippen LogP contribution in [0.2, 0.25) is 0 Å². The summed E-state index contributed by atoms with van der Waals surface area (Å²) in [6.07, 6.45) is 0. The van der Waals surface area contributed by atoms with Crippen LogP contribution in [0.1, 0.15) is 34.3 Å². The van der Waals surface area contributed by atoms with Crippen LogP contribution in [0, 0.1) is 0 Å². The number of fused-ring (bicyclic) bond motifs is 6. The summed E-state index contributed by atoms with van der Waals surface area (Å²) in [5.74, 6) is 0. The van der Waals surface area contributed by atoms with Crippen LogP contribution in [0.15, 0.2) is 157 Å². The number of hydrogen-bond donors (Lipinski definition) is 0. The average Bonchev–Trinajstić information content (AvgIpc) is 3.72. The molecule has 0 bridgehead atoms. The van der Waals surface area contributed by atoms with E-state index in [0.717, 1.165) is 6.07 Å². The van der Waals surface area contributed by atoms with Crippen molar-refractivity contribution >= 4 is 63.8 Å². The maximum atomic E-state index is 9.79. The van der Waals surface area contributed by atoms with Crippen LogP contribution in [0.4, 0.5) is 0 Å². The van der Waals surface area contributed by atoms with Gasteiger partial charge in [0.1, 0.15) is 0 Å². The minimum absolute atomic E-state index is 0.0826. The highest BCUT2D eigenvalue weighted by atomic mass is 32.1. The first kappa shape index (κ1) is 10.2. The van der Waals surface area contributed by atoms with Gasteiger partial charge in [-0.05, 0) is 89.9 Å². The highest BCUT2D eigenvalue weighted by Crippen LogP contribution is 2.46. The van der Waals surface area contributed by atoms with Gasteiger partial charge in [-0.1, -0.05) is 133 Å². The van der Waals surface area contributed by atoms with E-state index in [9.17, 15) is 12.3 Å². The predicted molar refractivity (Wildman–Crippen MR) is 188 cm³/mol. The van der Waals surface area contributed by atoms with Gasteiger partial charge in [0, 0.05) is 20.2 Å². The summed E-state index contributed by atoms with van der Waals surface area (Å²) in [6.45, 7) is 0. The molecule has 0 saturated heterocycles. The third kappa shape index (κ3) is 3.82. The van der Waals surface area contributed by atoms with E-state index in [-0.39, 0.29) is 25.6 Å². The van der Waals surface area contributed by atoms with Crippen molar-refractivity contribution in [3.8, 4) is 33.4 Å². The molecule has 0 amide bonds. The second kappa shape index (κ2) is 9.66. The first-order chi connectivity index (χ1) is 31.7.